The molecular formula is C52H37N3. The van der Waals surface area contributed by atoms with Crippen LogP contribution in [0.3, 0.4) is 0 Å². The number of nitrogens with zero attached hydrogens (tertiary/aromatic N) is 3. The Morgan fingerprint density at radius 2 is 0.873 bits per heavy atom. The van der Waals surface area contributed by atoms with Crippen molar-refractivity contribution in [1.82, 2.24) is 15.0 Å². The van der Waals surface area contributed by atoms with E-state index in [1.165, 1.54) is 44.5 Å². The number of hydrogen-bond donors (Lipinski definition) is 0. The highest BCUT2D eigenvalue weighted by molar-refractivity contribution is 5.96. The van der Waals surface area contributed by atoms with Crippen LogP contribution < -0.4 is 0 Å². The summed E-state index contributed by atoms with van der Waals surface area (Å²) in [6, 6.07) is 67.6. The SMILES string of the molecule is Cc1ccc(C2(c3ccc(C)cc3)c3ccccc3-c3ccc(-c4ccccc4-c4nc(-c5ccccc5)nc(-c5cccc6ccccc56)n4)cc32)cc1. The molecule has 260 valence electrons. The Morgan fingerprint density at radius 1 is 0.345 bits per heavy atom. The van der Waals surface area contributed by atoms with Crippen LogP contribution in [0.4, 0.5) is 0 Å². The van der Waals surface area contributed by atoms with Crippen molar-refractivity contribution in [3.8, 4) is 56.4 Å². The van der Waals surface area contributed by atoms with Crippen molar-refractivity contribution in [1.29, 1.82) is 0 Å². The number of benzene rings is 8. The fourth-order valence-electron chi connectivity index (χ4n) is 8.53. The summed E-state index contributed by atoms with van der Waals surface area (Å²) < 4.78 is 0. The first-order chi connectivity index (χ1) is 27.1. The standard InChI is InChI=1S/C52H37N3/c1-34-23-28-39(29-24-34)52(40-30-25-35(2)26-31-40)47-22-11-10-19-43(47)44-32-27-38(33-48(44)52)42-18-8-9-20-45(42)50-53-49(37-14-4-3-5-15-37)54-51(55-50)46-21-12-16-36-13-6-7-17-41(36)46/h3-33H,1-2H3. The molecule has 0 fully saturated rings. The highest BCUT2D eigenvalue weighted by atomic mass is 15.0. The van der Waals surface area contributed by atoms with E-state index in [4.69, 9.17) is 15.0 Å². The van der Waals surface area contributed by atoms with Gasteiger partial charge in [0, 0.05) is 16.7 Å². The van der Waals surface area contributed by atoms with E-state index in [-0.39, 0.29) is 0 Å². The first kappa shape index (κ1) is 32.7. The molecule has 0 atom stereocenters. The second kappa shape index (κ2) is 13.2. The molecule has 8 aromatic carbocycles. The summed E-state index contributed by atoms with van der Waals surface area (Å²) in [5, 5.41) is 2.25. The Balaban J connectivity index is 1.21. The summed E-state index contributed by atoms with van der Waals surface area (Å²) in [5.74, 6) is 1.93. The summed E-state index contributed by atoms with van der Waals surface area (Å²) in [6.07, 6.45) is 0. The second-order valence-corrected chi connectivity index (χ2v) is 14.5. The number of hydrogen-bond acceptors (Lipinski definition) is 3. The molecule has 3 nitrogen and oxygen atoms in total. The Kier molecular flexibility index (Phi) is 7.81. The van der Waals surface area contributed by atoms with Gasteiger partial charge in [-0.1, -0.05) is 193 Å². The van der Waals surface area contributed by atoms with E-state index < -0.39 is 5.41 Å². The molecule has 0 N–H and O–H groups in total. The third-order valence-electron chi connectivity index (χ3n) is 11.2. The van der Waals surface area contributed by atoms with E-state index in [1.807, 2.05) is 18.2 Å². The molecule has 0 spiro atoms. The summed E-state index contributed by atoms with van der Waals surface area (Å²) in [7, 11) is 0. The van der Waals surface area contributed by atoms with Crippen LogP contribution in [-0.4, -0.2) is 15.0 Å². The maximum Gasteiger partial charge on any atom is 0.164 e. The lowest BCUT2D eigenvalue weighted by Crippen LogP contribution is -2.28. The molecule has 10 rings (SSSR count). The lowest BCUT2D eigenvalue weighted by atomic mass is 9.67. The van der Waals surface area contributed by atoms with Crippen LogP contribution in [0.5, 0.6) is 0 Å². The molecule has 1 aromatic heterocycles. The number of fused-ring (bicyclic) bond motifs is 4. The molecule has 0 radical (unpaired) electrons. The van der Waals surface area contributed by atoms with Crippen molar-refractivity contribution >= 4 is 10.8 Å². The van der Waals surface area contributed by atoms with E-state index in [1.54, 1.807) is 0 Å². The normalized spacial score (nSPS) is 12.7. The van der Waals surface area contributed by atoms with Crippen LogP contribution in [0.15, 0.2) is 188 Å². The molecule has 0 bridgehead atoms. The number of rotatable bonds is 6. The van der Waals surface area contributed by atoms with Crippen LogP contribution in [0.2, 0.25) is 0 Å². The predicted octanol–water partition coefficient (Wildman–Crippen LogP) is 12.7. The van der Waals surface area contributed by atoms with E-state index >= 15 is 0 Å². The summed E-state index contributed by atoms with van der Waals surface area (Å²) in [4.78, 5) is 15.5. The molecule has 1 heterocycles. The van der Waals surface area contributed by atoms with Gasteiger partial charge in [0.15, 0.2) is 17.5 Å². The molecule has 55 heavy (non-hydrogen) atoms. The van der Waals surface area contributed by atoms with Crippen molar-refractivity contribution in [2.45, 2.75) is 19.3 Å². The molecule has 0 aliphatic heterocycles. The van der Waals surface area contributed by atoms with Gasteiger partial charge in [-0.25, -0.2) is 15.0 Å². The van der Waals surface area contributed by atoms with E-state index in [0.717, 1.165) is 38.6 Å². The van der Waals surface area contributed by atoms with Gasteiger partial charge in [-0.05, 0) is 75.2 Å². The maximum atomic E-state index is 5.26. The molecule has 0 unspecified atom stereocenters. The topological polar surface area (TPSA) is 38.7 Å². The highest BCUT2D eigenvalue weighted by Gasteiger charge is 2.46. The molecule has 3 heteroatoms. The summed E-state index contributed by atoms with van der Waals surface area (Å²) in [5.41, 5.74) is 14.6. The maximum absolute atomic E-state index is 5.26. The Bertz CT molecular complexity index is 2820. The van der Waals surface area contributed by atoms with Crippen molar-refractivity contribution in [2.24, 2.45) is 0 Å². The zero-order chi connectivity index (χ0) is 36.9. The van der Waals surface area contributed by atoms with Crippen molar-refractivity contribution in [2.75, 3.05) is 0 Å². The number of aryl methyl sites for hydroxylation is 2. The van der Waals surface area contributed by atoms with Crippen molar-refractivity contribution in [3.63, 3.8) is 0 Å². The summed E-state index contributed by atoms with van der Waals surface area (Å²) >= 11 is 0. The van der Waals surface area contributed by atoms with Crippen molar-refractivity contribution < 1.29 is 0 Å². The smallest absolute Gasteiger partial charge is 0.164 e. The van der Waals surface area contributed by atoms with Gasteiger partial charge in [-0.3, -0.25) is 0 Å². The van der Waals surface area contributed by atoms with E-state index in [2.05, 4.69) is 184 Å². The van der Waals surface area contributed by atoms with Gasteiger partial charge in [0.2, 0.25) is 0 Å². The lowest BCUT2D eigenvalue weighted by Gasteiger charge is -2.34. The zero-order valence-electron chi connectivity index (χ0n) is 30.7. The third kappa shape index (κ3) is 5.39. The van der Waals surface area contributed by atoms with Crippen LogP contribution in [0, 0.1) is 13.8 Å². The van der Waals surface area contributed by atoms with Crippen LogP contribution in [0.1, 0.15) is 33.4 Å². The highest BCUT2D eigenvalue weighted by Crippen LogP contribution is 2.57. The fourth-order valence-corrected chi connectivity index (χ4v) is 8.53. The molecule has 0 amide bonds. The van der Waals surface area contributed by atoms with Crippen LogP contribution in [0.25, 0.3) is 67.2 Å². The fraction of sp³-hybridized carbons (Fsp3) is 0.0577. The first-order valence-corrected chi connectivity index (χ1v) is 18.9. The quantitative estimate of drug-likeness (QED) is 0.173. The molecule has 0 saturated heterocycles. The van der Waals surface area contributed by atoms with Gasteiger partial charge in [-0.15, -0.1) is 0 Å². The average molecular weight is 704 g/mol. The van der Waals surface area contributed by atoms with Gasteiger partial charge in [0.05, 0.1) is 5.41 Å². The minimum absolute atomic E-state index is 0.506. The lowest BCUT2D eigenvalue weighted by molar-refractivity contribution is 0.768. The van der Waals surface area contributed by atoms with Crippen molar-refractivity contribution in [3.05, 3.63) is 221 Å². The van der Waals surface area contributed by atoms with E-state index in [9.17, 15) is 0 Å². The molecule has 0 saturated carbocycles. The third-order valence-corrected chi connectivity index (χ3v) is 11.2. The largest absolute Gasteiger partial charge is 0.208 e. The average Bonchev–Trinajstić information content (AvgIpc) is 3.54. The molecule has 1 aliphatic carbocycles. The van der Waals surface area contributed by atoms with Gasteiger partial charge in [0.25, 0.3) is 0 Å². The van der Waals surface area contributed by atoms with Gasteiger partial charge in [0.1, 0.15) is 0 Å². The molecule has 1 aliphatic rings. The minimum atomic E-state index is -0.506. The monoisotopic (exact) mass is 703 g/mol. The second-order valence-electron chi connectivity index (χ2n) is 14.5. The first-order valence-electron chi connectivity index (χ1n) is 18.9. The van der Waals surface area contributed by atoms with E-state index in [0.29, 0.717) is 17.5 Å². The Morgan fingerprint density at radius 3 is 1.60 bits per heavy atom. The molecule has 9 aromatic rings. The summed E-state index contributed by atoms with van der Waals surface area (Å²) in [6.45, 7) is 4.31. The Hall–Kier alpha value is -6.97. The van der Waals surface area contributed by atoms with Crippen LogP contribution in [-0.2, 0) is 5.41 Å². The van der Waals surface area contributed by atoms with Gasteiger partial charge < -0.3 is 0 Å². The minimum Gasteiger partial charge on any atom is -0.208 e. The van der Waals surface area contributed by atoms with Crippen LogP contribution >= 0.6 is 0 Å². The Labute approximate surface area is 321 Å². The molecular weight excluding hydrogens is 667 g/mol. The predicted molar refractivity (Wildman–Crippen MR) is 226 cm³/mol. The number of aromatic nitrogens is 3. The zero-order valence-corrected chi connectivity index (χ0v) is 30.7. The van der Waals surface area contributed by atoms with Gasteiger partial charge in [-0.2, -0.15) is 0 Å². The van der Waals surface area contributed by atoms with Gasteiger partial charge >= 0.3 is 0 Å².